The summed E-state index contributed by atoms with van der Waals surface area (Å²) in [6.45, 7) is 2.11. The molecule has 104 valence electrons. The lowest BCUT2D eigenvalue weighted by Crippen LogP contribution is -2.29. The molecule has 3 nitrogen and oxygen atoms in total. The highest BCUT2D eigenvalue weighted by Gasteiger charge is 2.36. The van der Waals surface area contributed by atoms with E-state index in [1.807, 2.05) is 18.5 Å². The van der Waals surface area contributed by atoms with Crippen molar-refractivity contribution in [3.63, 3.8) is 0 Å². The van der Waals surface area contributed by atoms with Crippen LogP contribution in [0.4, 0.5) is 0 Å². The Kier molecular flexibility index (Phi) is 3.92. The van der Waals surface area contributed by atoms with Gasteiger partial charge in [0.15, 0.2) is 0 Å². The molecule has 2 aromatic heterocycles. The third-order valence-electron chi connectivity index (χ3n) is 3.22. The summed E-state index contributed by atoms with van der Waals surface area (Å²) >= 11 is 13.1. The Morgan fingerprint density at radius 2 is 2.30 bits per heavy atom. The summed E-state index contributed by atoms with van der Waals surface area (Å²) in [5, 5.41) is 1.72. The Morgan fingerprint density at radius 3 is 2.95 bits per heavy atom. The van der Waals surface area contributed by atoms with E-state index in [0.717, 1.165) is 36.4 Å². The van der Waals surface area contributed by atoms with E-state index in [0.29, 0.717) is 0 Å². The first-order valence-corrected chi connectivity index (χ1v) is 9.13. The zero-order chi connectivity index (χ0) is 14.3. The number of aliphatic imine (C=N–C) groups is 1. The smallest absolute Gasteiger partial charge is 0.115 e. The number of fused-ring (bicyclic) bond motifs is 1. The highest BCUT2D eigenvalue weighted by molar-refractivity contribution is 9.11. The van der Waals surface area contributed by atoms with Crippen molar-refractivity contribution in [2.45, 2.75) is 18.9 Å². The van der Waals surface area contributed by atoms with Crippen molar-refractivity contribution < 1.29 is 0 Å². The summed E-state index contributed by atoms with van der Waals surface area (Å²) in [6, 6.07) is 1.93. The first-order valence-electron chi connectivity index (χ1n) is 5.92. The SMILES string of the molecule is CSC1=N[C@](C)(c2sc(Br)cc2Cl)Cc2ncncc21. The van der Waals surface area contributed by atoms with Crippen LogP contribution in [0.25, 0.3) is 0 Å². The Morgan fingerprint density at radius 1 is 1.50 bits per heavy atom. The van der Waals surface area contributed by atoms with Gasteiger partial charge in [0.05, 0.1) is 19.4 Å². The molecule has 0 radical (unpaired) electrons. The molecule has 1 aliphatic rings. The Bertz CT molecular complexity index is 701. The second-order valence-electron chi connectivity index (χ2n) is 4.68. The maximum absolute atomic E-state index is 6.36. The standard InChI is InChI=1S/C13H11BrClN3S2/c1-13(11-8(15)3-10(14)20-11)4-9-7(5-16-6-17-9)12(18-13)19-2/h3,5-6H,4H2,1-2H3/t13-/m0/s1. The molecule has 1 aliphatic heterocycles. The van der Waals surface area contributed by atoms with Gasteiger partial charge in [0, 0.05) is 18.2 Å². The predicted molar refractivity (Wildman–Crippen MR) is 90.2 cm³/mol. The van der Waals surface area contributed by atoms with Crippen LogP contribution in [0.1, 0.15) is 23.1 Å². The summed E-state index contributed by atoms with van der Waals surface area (Å²) in [6.07, 6.45) is 6.19. The van der Waals surface area contributed by atoms with E-state index < -0.39 is 0 Å². The summed E-state index contributed by atoms with van der Waals surface area (Å²) in [5.74, 6) is 0. The summed E-state index contributed by atoms with van der Waals surface area (Å²) in [4.78, 5) is 14.5. The van der Waals surface area contributed by atoms with Gasteiger partial charge >= 0.3 is 0 Å². The highest BCUT2D eigenvalue weighted by atomic mass is 79.9. The molecule has 0 saturated carbocycles. The quantitative estimate of drug-likeness (QED) is 0.720. The number of hydrogen-bond donors (Lipinski definition) is 0. The number of thiophene rings is 1. The third kappa shape index (κ3) is 2.43. The lowest BCUT2D eigenvalue weighted by molar-refractivity contribution is 0.492. The van der Waals surface area contributed by atoms with Crippen molar-refractivity contribution >= 4 is 55.7 Å². The van der Waals surface area contributed by atoms with Crippen molar-refractivity contribution in [1.82, 2.24) is 9.97 Å². The van der Waals surface area contributed by atoms with Crippen LogP contribution in [0.3, 0.4) is 0 Å². The van der Waals surface area contributed by atoms with E-state index in [9.17, 15) is 0 Å². The fraction of sp³-hybridized carbons (Fsp3) is 0.308. The van der Waals surface area contributed by atoms with E-state index in [1.165, 1.54) is 0 Å². The largest absolute Gasteiger partial charge is 0.265 e. The van der Waals surface area contributed by atoms with Gasteiger partial charge in [0.2, 0.25) is 0 Å². The number of hydrogen-bond acceptors (Lipinski definition) is 5. The van der Waals surface area contributed by atoms with Crippen LogP contribution in [-0.2, 0) is 12.0 Å². The molecule has 20 heavy (non-hydrogen) atoms. The Balaban J connectivity index is 2.15. The number of rotatable bonds is 1. The molecule has 0 aromatic carbocycles. The fourth-order valence-corrected chi connectivity index (χ4v) is 5.21. The molecule has 0 unspecified atom stereocenters. The fourth-order valence-electron chi connectivity index (χ4n) is 2.32. The maximum atomic E-state index is 6.36. The topological polar surface area (TPSA) is 38.1 Å². The number of halogens is 2. The number of thioether (sulfide) groups is 1. The normalized spacial score (nSPS) is 21.5. The van der Waals surface area contributed by atoms with Crippen molar-refractivity contribution in [2.24, 2.45) is 4.99 Å². The number of nitrogens with zero attached hydrogens (tertiary/aromatic N) is 3. The molecule has 2 aromatic rings. The molecule has 0 N–H and O–H groups in total. The van der Waals surface area contributed by atoms with Crippen LogP contribution in [0.15, 0.2) is 27.4 Å². The molecule has 1 atom stereocenters. The minimum absolute atomic E-state index is 0.368. The van der Waals surface area contributed by atoms with Crippen LogP contribution >= 0.6 is 50.6 Å². The van der Waals surface area contributed by atoms with E-state index >= 15 is 0 Å². The first kappa shape index (κ1) is 14.5. The zero-order valence-corrected chi connectivity index (χ0v) is 14.8. The van der Waals surface area contributed by atoms with Gasteiger partial charge in [-0.3, -0.25) is 4.99 Å². The lowest BCUT2D eigenvalue weighted by Gasteiger charge is -2.30. The Hall–Kier alpha value is -0.430. The van der Waals surface area contributed by atoms with Crippen LogP contribution in [0.2, 0.25) is 5.02 Å². The van der Waals surface area contributed by atoms with Crippen LogP contribution < -0.4 is 0 Å². The monoisotopic (exact) mass is 387 g/mol. The van der Waals surface area contributed by atoms with Crippen molar-refractivity contribution in [3.8, 4) is 0 Å². The molecule has 3 heterocycles. The maximum Gasteiger partial charge on any atom is 0.115 e. The summed E-state index contributed by atoms with van der Waals surface area (Å²) in [5.41, 5.74) is 1.69. The van der Waals surface area contributed by atoms with Crippen LogP contribution in [-0.4, -0.2) is 21.3 Å². The van der Waals surface area contributed by atoms with Crippen molar-refractivity contribution in [2.75, 3.05) is 6.26 Å². The van der Waals surface area contributed by atoms with Gasteiger partial charge in [0.25, 0.3) is 0 Å². The zero-order valence-electron chi connectivity index (χ0n) is 10.9. The van der Waals surface area contributed by atoms with Gasteiger partial charge in [-0.2, -0.15) is 0 Å². The van der Waals surface area contributed by atoms with Crippen LogP contribution in [0, 0.1) is 0 Å². The average molecular weight is 389 g/mol. The second-order valence-corrected chi connectivity index (χ2v) is 8.32. The highest BCUT2D eigenvalue weighted by Crippen LogP contribution is 2.44. The van der Waals surface area contributed by atoms with Gasteiger partial charge in [-0.05, 0) is 35.2 Å². The second kappa shape index (κ2) is 5.40. The third-order valence-corrected chi connectivity index (χ3v) is 6.22. The van der Waals surface area contributed by atoms with Crippen LogP contribution in [0.5, 0.6) is 0 Å². The van der Waals surface area contributed by atoms with Gasteiger partial charge in [0.1, 0.15) is 16.9 Å². The molecule has 0 aliphatic carbocycles. The van der Waals surface area contributed by atoms with E-state index in [4.69, 9.17) is 16.6 Å². The molecular formula is C13H11BrClN3S2. The van der Waals surface area contributed by atoms with Crippen molar-refractivity contribution in [3.05, 3.63) is 43.5 Å². The Labute approximate surface area is 139 Å². The van der Waals surface area contributed by atoms with Gasteiger partial charge in [-0.25, -0.2) is 9.97 Å². The molecule has 0 saturated heterocycles. The molecule has 0 bridgehead atoms. The first-order chi connectivity index (χ1) is 9.53. The van der Waals surface area contributed by atoms with E-state index in [2.05, 4.69) is 32.8 Å². The molecule has 7 heteroatoms. The molecule has 3 rings (SSSR count). The summed E-state index contributed by atoms with van der Waals surface area (Å²) < 4.78 is 1.02. The average Bonchev–Trinajstić information content (AvgIpc) is 2.77. The lowest BCUT2D eigenvalue weighted by atomic mass is 9.90. The minimum Gasteiger partial charge on any atom is -0.265 e. The van der Waals surface area contributed by atoms with E-state index in [-0.39, 0.29) is 5.54 Å². The predicted octanol–water partition coefficient (Wildman–Crippen LogP) is 4.54. The van der Waals surface area contributed by atoms with Crippen molar-refractivity contribution in [1.29, 1.82) is 0 Å². The van der Waals surface area contributed by atoms with Gasteiger partial charge in [-0.1, -0.05) is 11.6 Å². The van der Waals surface area contributed by atoms with Gasteiger partial charge in [-0.15, -0.1) is 23.1 Å². The molecule has 0 spiro atoms. The molecule has 0 amide bonds. The molecule has 0 fully saturated rings. The minimum atomic E-state index is -0.368. The van der Waals surface area contributed by atoms with E-state index in [1.54, 1.807) is 29.4 Å². The molecular weight excluding hydrogens is 378 g/mol. The van der Waals surface area contributed by atoms with Gasteiger partial charge < -0.3 is 0 Å². The number of aromatic nitrogens is 2. The summed E-state index contributed by atoms with van der Waals surface area (Å²) in [7, 11) is 0.